The molecule has 0 radical (unpaired) electrons. The first-order valence-electron chi connectivity index (χ1n) is 5.53. The van der Waals surface area contributed by atoms with Gasteiger partial charge < -0.3 is 0 Å². The minimum Gasteiger partial charge on any atom is -0.146 e. The number of hydrogen-bond acceptors (Lipinski definition) is 1. The average molecular weight is 226 g/mol. The van der Waals surface area contributed by atoms with Crippen molar-refractivity contribution in [1.29, 1.82) is 0 Å². The molecule has 15 heavy (non-hydrogen) atoms. The molecule has 0 rings (SSSR count). The lowest BCUT2D eigenvalue weighted by Gasteiger charge is -2.35. The summed E-state index contributed by atoms with van der Waals surface area (Å²) in [5.41, 5.74) is 0.526. The van der Waals surface area contributed by atoms with Gasteiger partial charge >= 0.3 is 0 Å². The second kappa shape index (κ2) is 5.25. The molecule has 0 saturated carbocycles. The van der Waals surface area contributed by atoms with Crippen LogP contribution in [0, 0.1) is 10.8 Å². The molecule has 0 aromatic carbocycles. The Bertz CT molecular complexity index is 190. The summed E-state index contributed by atoms with van der Waals surface area (Å²) >= 11 is 1.97. The molecule has 2 unspecified atom stereocenters. The van der Waals surface area contributed by atoms with Crippen LogP contribution in [0.2, 0.25) is 0 Å². The summed E-state index contributed by atoms with van der Waals surface area (Å²) in [6, 6.07) is 0. The highest BCUT2D eigenvalue weighted by Crippen LogP contribution is 2.40. The van der Waals surface area contributed by atoms with Crippen LogP contribution in [0.4, 0.5) is 0 Å². The predicted octanol–water partition coefficient (Wildman–Crippen LogP) is 4.92. The van der Waals surface area contributed by atoms with Crippen LogP contribution < -0.4 is 0 Å². The molecular formula is C14H26S. The summed E-state index contributed by atoms with van der Waals surface area (Å²) in [6.07, 6.45) is 4.12. The molecule has 0 heterocycles. The van der Waals surface area contributed by atoms with Gasteiger partial charge in [0.15, 0.2) is 0 Å². The van der Waals surface area contributed by atoms with Crippen LogP contribution in [0.15, 0.2) is 25.3 Å². The van der Waals surface area contributed by atoms with E-state index in [1.807, 2.05) is 11.8 Å². The fourth-order valence-electron chi connectivity index (χ4n) is 1.38. The van der Waals surface area contributed by atoms with Gasteiger partial charge in [0, 0.05) is 10.5 Å². The summed E-state index contributed by atoms with van der Waals surface area (Å²) in [4.78, 5) is 0. The van der Waals surface area contributed by atoms with Crippen molar-refractivity contribution in [1.82, 2.24) is 0 Å². The van der Waals surface area contributed by atoms with Gasteiger partial charge in [-0.1, -0.05) is 53.7 Å². The van der Waals surface area contributed by atoms with Gasteiger partial charge in [0.25, 0.3) is 0 Å². The summed E-state index contributed by atoms with van der Waals surface area (Å²) < 4.78 is 0. The zero-order valence-corrected chi connectivity index (χ0v) is 11.9. The van der Waals surface area contributed by atoms with E-state index in [9.17, 15) is 0 Å². The van der Waals surface area contributed by atoms with E-state index < -0.39 is 0 Å². The van der Waals surface area contributed by atoms with Crippen molar-refractivity contribution in [3.63, 3.8) is 0 Å². The smallest absolute Gasteiger partial charge is 0.0279 e. The quantitative estimate of drug-likeness (QED) is 0.613. The van der Waals surface area contributed by atoms with E-state index >= 15 is 0 Å². The van der Waals surface area contributed by atoms with Crippen LogP contribution in [0.1, 0.15) is 41.5 Å². The first-order chi connectivity index (χ1) is 6.62. The van der Waals surface area contributed by atoms with E-state index in [1.54, 1.807) is 0 Å². The summed E-state index contributed by atoms with van der Waals surface area (Å²) in [5.74, 6) is 0. The molecule has 2 atom stereocenters. The van der Waals surface area contributed by atoms with E-state index in [0.29, 0.717) is 10.5 Å². The number of thioether (sulfide) groups is 1. The molecule has 0 aromatic rings. The fraction of sp³-hybridized carbons (Fsp3) is 0.714. The van der Waals surface area contributed by atoms with Crippen LogP contribution in [0.5, 0.6) is 0 Å². The molecule has 0 aliphatic carbocycles. The maximum atomic E-state index is 3.94. The minimum absolute atomic E-state index is 0.263. The third kappa shape index (κ3) is 4.92. The van der Waals surface area contributed by atoms with Crippen LogP contribution >= 0.6 is 11.8 Å². The Morgan fingerprint density at radius 1 is 0.800 bits per heavy atom. The van der Waals surface area contributed by atoms with Gasteiger partial charge in [-0.25, -0.2) is 0 Å². The second-order valence-electron chi connectivity index (χ2n) is 6.18. The van der Waals surface area contributed by atoms with Crippen LogP contribution in [-0.2, 0) is 0 Å². The summed E-state index contributed by atoms with van der Waals surface area (Å²) in [6.45, 7) is 21.4. The number of hydrogen-bond donors (Lipinski definition) is 0. The fourth-order valence-corrected chi connectivity index (χ4v) is 2.74. The van der Waals surface area contributed by atoms with Crippen LogP contribution in [-0.4, -0.2) is 10.5 Å². The normalized spacial score (nSPS) is 16.9. The molecule has 0 aromatic heterocycles. The van der Waals surface area contributed by atoms with E-state index in [2.05, 4.69) is 66.9 Å². The highest BCUT2D eigenvalue weighted by atomic mass is 32.2. The molecular weight excluding hydrogens is 200 g/mol. The first-order valence-corrected chi connectivity index (χ1v) is 6.47. The van der Waals surface area contributed by atoms with Crippen molar-refractivity contribution in [2.75, 3.05) is 0 Å². The SMILES string of the molecule is C=CC(SC(C=C)C(C)(C)C)C(C)(C)C. The molecule has 88 valence electrons. The van der Waals surface area contributed by atoms with Gasteiger partial charge in [-0.2, -0.15) is 0 Å². The third-order valence-electron chi connectivity index (χ3n) is 2.43. The first kappa shape index (κ1) is 14.8. The Labute approximate surface area is 100 Å². The van der Waals surface area contributed by atoms with Crippen LogP contribution in [0.3, 0.4) is 0 Å². The molecule has 0 saturated heterocycles. The Morgan fingerprint density at radius 3 is 1.20 bits per heavy atom. The highest BCUT2D eigenvalue weighted by molar-refractivity contribution is 8.00. The minimum atomic E-state index is 0.263. The molecule has 0 amide bonds. The zero-order valence-electron chi connectivity index (χ0n) is 11.1. The molecule has 0 bridgehead atoms. The van der Waals surface area contributed by atoms with Crippen molar-refractivity contribution in [2.45, 2.75) is 52.0 Å². The average Bonchev–Trinajstić information content (AvgIpc) is 2.01. The third-order valence-corrected chi connectivity index (χ3v) is 4.81. The molecule has 0 aliphatic rings. The Hall–Kier alpha value is -0.170. The van der Waals surface area contributed by atoms with E-state index in [4.69, 9.17) is 0 Å². The van der Waals surface area contributed by atoms with Crippen molar-refractivity contribution in [2.24, 2.45) is 10.8 Å². The van der Waals surface area contributed by atoms with Crippen molar-refractivity contribution >= 4 is 11.8 Å². The van der Waals surface area contributed by atoms with E-state index in [1.165, 1.54) is 0 Å². The highest BCUT2D eigenvalue weighted by Gasteiger charge is 2.29. The number of rotatable bonds is 4. The lowest BCUT2D eigenvalue weighted by atomic mass is 9.91. The molecule has 0 fully saturated rings. The van der Waals surface area contributed by atoms with Gasteiger partial charge in [0.1, 0.15) is 0 Å². The standard InChI is InChI=1S/C14H26S/c1-9-11(13(3,4)5)15-12(10-2)14(6,7)8/h9-12H,1-2H2,3-8H3. The van der Waals surface area contributed by atoms with Gasteiger partial charge in [-0.15, -0.1) is 24.9 Å². The maximum Gasteiger partial charge on any atom is 0.0279 e. The monoisotopic (exact) mass is 226 g/mol. The van der Waals surface area contributed by atoms with Gasteiger partial charge in [0.05, 0.1) is 0 Å². The van der Waals surface area contributed by atoms with Gasteiger partial charge in [-0.3, -0.25) is 0 Å². The Balaban J connectivity index is 4.67. The van der Waals surface area contributed by atoms with Crippen molar-refractivity contribution in [3.8, 4) is 0 Å². The lowest BCUT2D eigenvalue weighted by Crippen LogP contribution is -2.28. The van der Waals surface area contributed by atoms with E-state index in [-0.39, 0.29) is 10.8 Å². The lowest BCUT2D eigenvalue weighted by molar-refractivity contribution is 0.413. The Kier molecular flexibility index (Phi) is 5.19. The molecule has 0 aliphatic heterocycles. The van der Waals surface area contributed by atoms with Gasteiger partial charge in [-0.05, 0) is 10.8 Å². The maximum absolute atomic E-state index is 3.94. The Morgan fingerprint density at radius 2 is 1.07 bits per heavy atom. The van der Waals surface area contributed by atoms with E-state index in [0.717, 1.165) is 0 Å². The molecule has 0 spiro atoms. The zero-order chi connectivity index (χ0) is 12.3. The molecule has 0 nitrogen and oxygen atoms in total. The van der Waals surface area contributed by atoms with Crippen molar-refractivity contribution < 1.29 is 0 Å². The van der Waals surface area contributed by atoms with Crippen LogP contribution in [0.25, 0.3) is 0 Å². The second-order valence-corrected chi connectivity index (χ2v) is 7.47. The summed E-state index contributed by atoms with van der Waals surface area (Å²) in [7, 11) is 0. The predicted molar refractivity (Wildman–Crippen MR) is 74.5 cm³/mol. The largest absolute Gasteiger partial charge is 0.146 e. The molecule has 0 N–H and O–H groups in total. The van der Waals surface area contributed by atoms with Gasteiger partial charge in [0.2, 0.25) is 0 Å². The molecule has 1 heteroatoms. The van der Waals surface area contributed by atoms with Crippen molar-refractivity contribution in [3.05, 3.63) is 25.3 Å². The topological polar surface area (TPSA) is 0 Å². The summed E-state index contributed by atoms with van der Waals surface area (Å²) in [5, 5.41) is 0.944.